The van der Waals surface area contributed by atoms with Crippen LogP contribution in [0.15, 0.2) is 18.2 Å². The van der Waals surface area contributed by atoms with Crippen molar-refractivity contribution >= 4 is 17.5 Å². The van der Waals surface area contributed by atoms with E-state index < -0.39 is 6.04 Å². The third kappa shape index (κ3) is 3.78. The number of carbonyl (C=O) groups excluding carboxylic acids is 2. The van der Waals surface area contributed by atoms with Crippen LogP contribution in [0.2, 0.25) is 0 Å². The Bertz CT molecular complexity index is 548. The molecule has 1 aromatic carbocycles. The lowest BCUT2D eigenvalue weighted by atomic mass is 10.1. The van der Waals surface area contributed by atoms with E-state index in [2.05, 4.69) is 16.0 Å². The van der Waals surface area contributed by atoms with Crippen molar-refractivity contribution in [2.45, 2.75) is 38.8 Å². The maximum atomic E-state index is 13.3. The Balaban J connectivity index is 1.88. The van der Waals surface area contributed by atoms with Crippen LogP contribution in [0.4, 0.5) is 10.1 Å². The molecule has 2 unspecified atom stereocenters. The molecule has 0 saturated carbocycles. The second-order valence-electron chi connectivity index (χ2n) is 5.23. The van der Waals surface area contributed by atoms with Gasteiger partial charge in [0.1, 0.15) is 11.9 Å². The molecule has 1 aromatic rings. The molecule has 21 heavy (non-hydrogen) atoms. The average molecular weight is 293 g/mol. The highest BCUT2D eigenvalue weighted by Crippen LogP contribution is 2.30. The molecule has 0 aromatic heterocycles. The number of benzene rings is 1. The summed E-state index contributed by atoms with van der Waals surface area (Å²) in [6, 6.07) is 3.72. The molecule has 0 bridgehead atoms. The highest BCUT2D eigenvalue weighted by molar-refractivity contribution is 6.02. The first-order valence-corrected chi connectivity index (χ1v) is 7.14. The summed E-state index contributed by atoms with van der Waals surface area (Å²) in [5, 5.41) is 8.54. The van der Waals surface area contributed by atoms with Crippen LogP contribution in [0.3, 0.4) is 0 Å². The lowest BCUT2D eigenvalue weighted by Gasteiger charge is -2.13. The van der Waals surface area contributed by atoms with Gasteiger partial charge in [-0.15, -0.1) is 0 Å². The molecule has 0 aliphatic carbocycles. The SMILES string of the molecule is CCC(C)NC(=O)CCNC1C(=O)Nc2ccc(F)cc21. The van der Waals surface area contributed by atoms with Crippen LogP contribution in [-0.4, -0.2) is 24.4 Å². The molecule has 2 amide bonds. The number of rotatable bonds is 6. The van der Waals surface area contributed by atoms with E-state index in [4.69, 9.17) is 0 Å². The highest BCUT2D eigenvalue weighted by Gasteiger charge is 2.30. The molecule has 0 spiro atoms. The molecule has 1 heterocycles. The van der Waals surface area contributed by atoms with Gasteiger partial charge in [-0.1, -0.05) is 6.92 Å². The minimum atomic E-state index is -0.605. The van der Waals surface area contributed by atoms with Crippen molar-refractivity contribution in [1.82, 2.24) is 10.6 Å². The molecule has 1 aliphatic rings. The predicted octanol–water partition coefficient (Wildman–Crippen LogP) is 1.71. The van der Waals surface area contributed by atoms with E-state index >= 15 is 0 Å². The van der Waals surface area contributed by atoms with E-state index in [0.717, 1.165) is 6.42 Å². The lowest BCUT2D eigenvalue weighted by Crippen LogP contribution is -2.35. The summed E-state index contributed by atoms with van der Waals surface area (Å²) < 4.78 is 13.3. The first-order valence-electron chi connectivity index (χ1n) is 7.14. The van der Waals surface area contributed by atoms with Crippen molar-refractivity contribution in [3.05, 3.63) is 29.6 Å². The molecule has 0 radical (unpaired) electrons. The van der Waals surface area contributed by atoms with E-state index in [1.54, 1.807) is 6.07 Å². The van der Waals surface area contributed by atoms with Gasteiger partial charge in [0.05, 0.1) is 0 Å². The Morgan fingerprint density at radius 1 is 1.48 bits per heavy atom. The molecule has 114 valence electrons. The van der Waals surface area contributed by atoms with Gasteiger partial charge in [0.2, 0.25) is 11.8 Å². The molecule has 6 heteroatoms. The van der Waals surface area contributed by atoms with Crippen LogP contribution >= 0.6 is 0 Å². The van der Waals surface area contributed by atoms with Gasteiger partial charge in [-0.3, -0.25) is 9.59 Å². The quantitative estimate of drug-likeness (QED) is 0.748. The third-order valence-electron chi connectivity index (χ3n) is 3.56. The maximum Gasteiger partial charge on any atom is 0.246 e. The smallest absolute Gasteiger partial charge is 0.246 e. The number of hydrogen-bond donors (Lipinski definition) is 3. The Morgan fingerprint density at radius 2 is 2.24 bits per heavy atom. The average Bonchev–Trinajstić information content (AvgIpc) is 2.74. The summed E-state index contributed by atoms with van der Waals surface area (Å²) in [4.78, 5) is 23.5. The van der Waals surface area contributed by atoms with Crippen LogP contribution in [0.5, 0.6) is 0 Å². The van der Waals surface area contributed by atoms with Crippen LogP contribution in [0, 0.1) is 5.82 Å². The van der Waals surface area contributed by atoms with E-state index in [-0.39, 0.29) is 30.1 Å². The monoisotopic (exact) mass is 293 g/mol. The molecule has 1 aliphatic heterocycles. The second kappa shape index (κ2) is 6.67. The first kappa shape index (κ1) is 15.4. The fraction of sp³-hybridized carbons (Fsp3) is 0.467. The van der Waals surface area contributed by atoms with Gasteiger partial charge in [0, 0.05) is 30.3 Å². The Labute approximate surface area is 123 Å². The third-order valence-corrected chi connectivity index (χ3v) is 3.56. The van der Waals surface area contributed by atoms with Crippen LogP contribution in [-0.2, 0) is 9.59 Å². The number of halogens is 1. The molecular formula is C15H20FN3O2. The summed E-state index contributed by atoms with van der Waals surface area (Å²) in [6.45, 7) is 4.29. The summed E-state index contributed by atoms with van der Waals surface area (Å²) in [5.74, 6) is -0.667. The van der Waals surface area contributed by atoms with Gasteiger partial charge >= 0.3 is 0 Å². The lowest BCUT2D eigenvalue weighted by molar-refractivity contribution is -0.122. The largest absolute Gasteiger partial charge is 0.354 e. The standard InChI is InChI=1S/C15H20FN3O2/c1-3-9(2)18-13(20)6-7-17-14-11-8-10(16)4-5-12(11)19-15(14)21/h4-5,8-9,14,17H,3,6-7H2,1-2H3,(H,18,20)(H,19,21). The molecule has 0 saturated heterocycles. The number of anilines is 1. The van der Waals surface area contributed by atoms with Crippen LogP contribution < -0.4 is 16.0 Å². The molecular weight excluding hydrogens is 273 g/mol. The normalized spacial score (nSPS) is 18.0. The Kier molecular flexibility index (Phi) is 4.90. The van der Waals surface area contributed by atoms with Crippen molar-refractivity contribution in [2.75, 3.05) is 11.9 Å². The Morgan fingerprint density at radius 3 is 2.95 bits per heavy atom. The van der Waals surface area contributed by atoms with Crippen LogP contribution in [0.25, 0.3) is 0 Å². The fourth-order valence-electron chi connectivity index (χ4n) is 2.21. The topological polar surface area (TPSA) is 70.2 Å². The van der Waals surface area contributed by atoms with Crippen molar-refractivity contribution < 1.29 is 14.0 Å². The van der Waals surface area contributed by atoms with E-state index in [9.17, 15) is 14.0 Å². The predicted molar refractivity (Wildman–Crippen MR) is 78.3 cm³/mol. The molecule has 3 N–H and O–H groups in total. The zero-order chi connectivity index (χ0) is 15.4. The molecule has 5 nitrogen and oxygen atoms in total. The minimum Gasteiger partial charge on any atom is -0.354 e. The number of amides is 2. The van der Waals surface area contributed by atoms with Crippen molar-refractivity contribution in [3.8, 4) is 0 Å². The Hall–Kier alpha value is -1.95. The maximum absolute atomic E-state index is 13.3. The van der Waals surface area contributed by atoms with Crippen molar-refractivity contribution in [1.29, 1.82) is 0 Å². The summed E-state index contributed by atoms with van der Waals surface area (Å²) >= 11 is 0. The fourth-order valence-corrected chi connectivity index (χ4v) is 2.21. The highest BCUT2D eigenvalue weighted by atomic mass is 19.1. The van der Waals surface area contributed by atoms with Gasteiger partial charge in [0.15, 0.2) is 0 Å². The van der Waals surface area contributed by atoms with Gasteiger partial charge < -0.3 is 16.0 Å². The van der Waals surface area contributed by atoms with E-state index in [1.165, 1.54) is 12.1 Å². The van der Waals surface area contributed by atoms with Gasteiger partial charge in [0.25, 0.3) is 0 Å². The zero-order valence-electron chi connectivity index (χ0n) is 12.2. The van der Waals surface area contributed by atoms with E-state index in [0.29, 0.717) is 17.8 Å². The molecule has 2 rings (SSSR count). The molecule has 0 fully saturated rings. The number of fused-ring (bicyclic) bond motifs is 1. The number of nitrogens with one attached hydrogen (secondary N) is 3. The van der Waals surface area contributed by atoms with Crippen LogP contribution in [0.1, 0.15) is 38.3 Å². The second-order valence-corrected chi connectivity index (χ2v) is 5.23. The van der Waals surface area contributed by atoms with Crippen molar-refractivity contribution in [2.24, 2.45) is 0 Å². The number of hydrogen-bond acceptors (Lipinski definition) is 3. The zero-order valence-corrected chi connectivity index (χ0v) is 12.2. The summed E-state index contributed by atoms with van der Waals surface area (Å²) in [7, 11) is 0. The van der Waals surface area contributed by atoms with Gasteiger partial charge in [-0.2, -0.15) is 0 Å². The van der Waals surface area contributed by atoms with E-state index in [1.807, 2.05) is 13.8 Å². The van der Waals surface area contributed by atoms with Crippen molar-refractivity contribution in [3.63, 3.8) is 0 Å². The summed E-state index contributed by atoms with van der Waals surface area (Å²) in [5.41, 5.74) is 1.20. The van der Waals surface area contributed by atoms with Gasteiger partial charge in [-0.05, 0) is 31.5 Å². The minimum absolute atomic E-state index is 0.0604. The molecule has 2 atom stereocenters. The summed E-state index contributed by atoms with van der Waals surface area (Å²) in [6.07, 6.45) is 1.15. The first-order chi connectivity index (χ1) is 10.0. The van der Waals surface area contributed by atoms with Gasteiger partial charge in [-0.25, -0.2) is 4.39 Å². The number of carbonyl (C=O) groups is 2.